The lowest BCUT2D eigenvalue weighted by Crippen LogP contribution is -2.38. The summed E-state index contributed by atoms with van der Waals surface area (Å²) in [5, 5.41) is 4.58. The van der Waals surface area contributed by atoms with Gasteiger partial charge in [0.2, 0.25) is 0 Å². The maximum absolute atomic E-state index is 13.5. The zero-order valence-corrected chi connectivity index (χ0v) is 15.1. The van der Waals surface area contributed by atoms with E-state index in [1.54, 1.807) is 43.1 Å². The summed E-state index contributed by atoms with van der Waals surface area (Å²) in [6.45, 7) is 3.47. The standard InChI is InChI=1S/C17H17F3N4OS/c1-10-8-13(11(2)24(10)16-21-5-7-26-16)15(25)22-14(17(18,19)20)12-4-6-23(3)9-12/h4-9,14H,1-3H3,(H,22,25)/t14-/m0/s1. The van der Waals surface area contributed by atoms with Gasteiger partial charge in [0.25, 0.3) is 5.91 Å². The summed E-state index contributed by atoms with van der Waals surface area (Å²) in [7, 11) is 1.63. The van der Waals surface area contributed by atoms with Crippen molar-refractivity contribution in [2.75, 3.05) is 0 Å². The Hall–Kier alpha value is -2.55. The molecule has 0 aliphatic rings. The number of amides is 1. The van der Waals surface area contributed by atoms with E-state index in [4.69, 9.17) is 0 Å². The Morgan fingerprint density at radius 3 is 2.62 bits per heavy atom. The van der Waals surface area contributed by atoms with E-state index in [0.29, 0.717) is 10.8 Å². The number of aromatic nitrogens is 3. The maximum atomic E-state index is 13.5. The number of carbonyl (C=O) groups excluding carboxylic acids is 1. The first-order valence-electron chi connectivity index (χ1n) is 7.76. The molecule has 0 spiro atoms. The molecule has 5 nitrogen and oxygen atoms in total. The van der Waals surface area contributed by atoms with Crippen molar-refractivity contribution in [2.24, 2.45) is 7.05 Å². The molecule has 1 atom stereocenters. The van der Waals surface area contributed by atoms with E-state index in [0.717, 1.165) is 5.69 Å². The number of halogens is 3. The van der Waals surface area contributed by atoms with Gasteiger partial charge in [-0.05, 0) is 26.0 Å². The molecule has 0 unspecified atom stereocenters. The smallest absolute Gasteiger partial charge is 0.357 e. The van der Waals surface area contributed by atoms with E-state index < -0.39 is 18.1 Å². The van der Waals surface area contributed by atoms with Crippen LogP contribution >= 0.6 is 11.3 Å². The fraction of sp³-hybridized carbons (Fsp3) is 0.294. The lowest BCUT2D eigenvalue weighted by atomic mass is 10.1. The van der Waals surface area contributed by atoms with E-state index in [9.17, 15) is 18.0 Å². The van der Waals surface area contributed by atoms with E-state index in [2.05, 4.69) is 10.3 Å². The van der Waals surface area contributed by atoms with Gasteiger partial charge >= 0.3 is 6.18 Å². The monoisotopic (exact) mass is 382 g/mol. The topological polar surface area (TPSA) is 51.9 Å². The van der Waals surface area contributed by atoms with E-state index in [-0.39, 0.29) is 11.1 Å². The highest BCUT2D eigenvalue weighted by atomic mass is 32.1. The van der Waals surface area contributed by atoms with Gasteiger partial charge in [0, 0.05) is 48.0 Å². The Labute approximate surface area is 152 Å². The molecule has 0 aromatic carbocycles. The van der Waals surface area contributed by atoms with Crippen molar-refractivity contribution in [3.05, 3.63) is 58.6 Å². The Bertz CT molecular complexity index is 925. The fourth-order valence-electron chi connectivity index (χ4n) is 2.87. The molecule has 9 heteroatoms. The van der Waals surface area contributed by atoms with Crippen LogP contribution in [0.5, 0.6) is 0 Å². The minimum Gasteiger partial charge on any atom is -0.357 e. The maximum Gasteiger partial charge on any atom is 0.412 e. The van der Waals surface area contributed by atoms with Crippen molar-refractivity contribution < 1.29 is 18.0 Å². The van der Waals surface area contributed by atoms with Crippen molar-refractivity contribution in [2.45, 2.75) is 26.1 Å². The van der Waals surface area contributed by atoms with Gasteiger partial charge in [-0.15, -0.1) is 11.3 Å². The third-order valence-corrected chi connectivity index (χ3v) is 4.83. The zero-order chi connectivity index (χ0) is 19.1. The largest absolute Gasteiger partial charge is 0.412 e. The average Bonchev–Trinajstić information content (AvgIpc) is 3.25. The summed E-state index contributed by atoms with van der Waals surface area (Å²) in [6.07, 6.45) is -0.114. The minimum absolute atomic E-state index is 0.0120. The second-order valence-electron chi connectivity index (χ2n) is 5.99. The lowest BCUT2D eigenvalue weighted by Gasteiger charge is -2.21. The van der Waals surface area contributed by atoms with Crippen LogP contribution in [0.2, 0.25) is 0 Å². The van der Waals surface area contributed by atoms with Crippen LogP contribution in [0.25, 0.3) is 5.13 Å². The van der Waals surface area contributed by atoms with Crippen LogP contribution < -0.4 is 5.32 Å². The number of alkyl halides is 3. The van der Waals surface area contributed by atoms with Crippen LogP contribution in [0.3, 0.4) is 0 Å². The zero-order valence-electron chi connectivity index (χ0n) is 14.3. The second-order valence-corrected chi connectivity index (χ2v) is 6.87. The molecule has 138 valence electrons. The van der Waals surface area contributed by atoms with E-state index >= 15 is 0 Å². The number of thiazole rings is 1. The Morgan fingerprint density at radius 1 is 1.35 bits per heavy atom. The van der Waals surface area contributed by atoms with Gasteiger partial charge in [-0.1, -0.05) is 0 Å². The molecule has 3 heterocycles. The first kappa shape index (κ1) is 18.2. The van der Waals surface area contributed by atoms with Crippen LogP contribution in [0, 0.1) is 13.8 Å². The van der Waals surface area contributed by atoms with Gasteiger partial charge in [0.1, 0.15) is 0 Å². The van der Waals surface area contributed by atoms with Crippen LogP contribution in [0.15, 0.2) is 36.1 Å². The molecule has 0 aliphatic heterocycles. The highest BCUT2D eigenvalue weighted by Gasteiger charge is 2.42. The fourth-order valence-corrected chi connectivity index (χ4v) is 3.62. The van der Waals surface area contributed by atoms with Crippen molar-refractivity contribution in [1.29, 1.82) is 0 Å². The van der Waals surface area contributed by atoms with Gasteiger partial charge in [-0.3, -0.25) is 9.36 Å². The number of nitrogens with zero attached hydrogens (tertiary/aromatic N) is 3. The van der Waals surface area contributed by atoms with Crippen LogP contribution in [0.1, 0.15) is 33.4 Å². The van der Waals surface area contributed by atoms with Gasteiger partial charge < -0.3 is 9.88 Å². The van der Waals surface area contributed by atoms with Gasteiger partial charge in [-0.2, -0.15) is 13.2 Å². The summed E-state index contributed by atoms with van der Waals surface area (Å²) in [6, 6.07) is 0.848. The molecule has 1 N–H and O–H groups in total. The molecule has 0 saturated carbocycles. The number of hydrogen-bond acceptors (Lipinski definition) is 3. The third-order valence-electron chi connectivity index (χ3n) is 4.08. The first-order valence-corrected chi connectivity index (χ1v) is 8.64. The Morgan fingerprint density at radius 2 is 2.08 bits per heavy atom. The molecular weight excluding hydrogens is 365 g/mol. The van der Waals surface area contributed by atoms with Gasteiger partial charge in [0.15, 0.2) is 11.2 Å². The third kappa shape index (κ3) is 3.39. The van der Waals surface area contributed by atoms with Crippen molar-refractivity contribution in [1.82, 2.24) is 19.4 Å². The molecule has 3 rings (SSSR count). The molecule has 0 bridgehead atoms. The SMILES string of the molecule is Cc1cc(C(=O)N[C@@H](c2ccn(C)c2)C(F)(F)F)c(C)n1-c1nccs1. The second kappa shape index (κ2) is 6.64. The van der Waals surface area contributed by atoms with Crippen molar-refractivity contribution >= 4 is 17.2 Å². The van der Waals surface area contributed by atoms with Gasteiger partial charge in [0.05, 0.1) is 5.56 Å². The lowest BCUT2D eigenvalue weighted by molar-refractivity contribution is -0.155. The predicted octanol–water partition coefficient (Wildman–Crippen LogP) is 3.92. The molecule has 1 amide bonds. The number of carbonyl (C=O) groups is 1. The summed E-state index contributed by atoms with van der Waals surface area (Å²) in [5.74, 6) is -0.771. The molecule has 0 fully saturated rings. The quantitative estimate of drug-likeness (QED) is 0.744. The molecule has 0 aliphatic carbocycles. The molecule has 0 radical (unpaired) electrons. The predicted molar refractivity (Wildman–Crippen MR) is 92.6 cm³/mol. The summed E-state index contributed by atoms with van der Waals surface area (Å²) >= 11 is 1.38. The number of hydrogen-bond donors (Lipinski definition) is 1. The summed E-state index contributed by atoms with van der Waals surface area (Å²) in [5.41, 5.74) is 1.46. The minimum atomic E-state index is -4.60. The first-order chi connectivity index (χ1) is 12.2. The summed E-state index contributed by atoms with van der Waals surface area (Å²) in [4.78, 5) is 16.8. The molecule has 0 saturated heterocycles. The Kier molecular flexibility index (Phi) is 4.66. The normalized spacial score (nSPS) is 13.0. The number of aryl methyl sites for hydroxylation is 2. The van der Waals surface area contributed by atoms with E-state index in [1.165, 1.54) is 34.4 Å². The highest BCUT2D eigenvalue weighted by Crippen LogP contribution is 2.33. The van der Waals surface area contributed by atoms with Crippen LogP contribution in [0.4, 0.5) is 13.2 Å². The molecular formula is C17H17F3N4OS. The van der Waals surface area contributed by atoms with Crippen molar-refractivity contribution in [3.63, 3.8) is 0 Å². The Balaban J connectivity index is 1.93. The molecule has 26 heavy (non-hydrogen) atoms. The number of rotatable bonds is 4. The number of nitrogens with one attached hydrogen (secondary N) is 1. The molecule has 3 aromatic rings. The van der Waals surface area contributed by atoms with Gasteiger partial charge in [-0.25, -0.2) is 4.98 Å². The van der Waals surface area contributed by atoms with Crippen LogP contribution in [-0.4, -0.2) is 26.2 Å². The van der Waals surface area contributed by atoms with Crippen molar-refractivity contribution in [3.8, 4) is 5.13 Å². The average molecular weight is 382 g/mol. The summed E-state index contributed by atoms with van der Waals surface area (Å²) < 4.78 is 43.6. The van der Waals surface area contributed by atoms with Crippen LogP contribution in [-0.2, 0) is 7.05 Å². The highest BCUT2D eigenvalue weighted by molar-refractivity contribution is 7.12. The van der Waals surface area contributed by atoms with E-state index in [1.807, 2.05) is 0 Å². The molecule has 3 aromatic heterocycles.